The van der Waals surface area contributed by atoms with Crippen molar-refractivity contribution in [3.63, 3.8) is 0 Å². The molecule has 19 heavy (non-hydrogen) atoms. The highest BCUT2D eigenvalue weighted by Gasteiger charge is 2.26. The molecule has 0 amide bonds. The lowest BCUT2D eigenvalue weighted by molar-refractivity contribution is 0.0481. The van der Waals surface area contributed by atoms with Crippen LogP contribution in [0.4, 0.5) is 5.69 Å². The Morgan fingerprint density at radius 3 is 2.89 bits per heavy atom. The Hall–Kier alpha value is -0.770. The Kier molecular flexibility index (Phi) is 4.71. The molecule has 1 aromatic carbocycles. The topological polar surface area (TPSA) is 35.5 Å². The quantitative estimate of drug-likeness (QED) is 0.895. The second-order valence-electron chi connectivity index (χ2n) is 5.61. The maximum absolute atomic E-state index is 10.2. The van der Waals surface area contributed by atoms with E-state index in [1.807, 2.05) is 26.1 Å². The molecule has 2 rings (SSSR count). The van der Waals surface area contributed by atoms with Crippen LogP contribution in [0.2, 0.25) is 5.02 Å². The van der Waals surface area contributed by atoms with Crippen molar-refractivity contribution in [1.82, 2.24) is 5.32 Å². The van der Waals surface area contributed by atoms with Crippen LogP contribution in [0.25, 0.3) is 0 Å². The molecule has 0 radical (unpaired) electrons. The molecule has 1 unspecified atom stereocenters. The van der Waals surface area contributed by atoms with E-state index in [4.69, 9.17) is 11.6 Å². The molecule has 0 aliphatic carbocycles. The molecule has 0 bridgehead atoms. The lowest BCUT2D eigenvalue weighted by Gasteiger charge is -2.27. The zero-order valence-corrected chi connectivity index (χ0v) is 12.5. The molecule has 2 N–H and O–H groups in total. The summed E-state index contributed by atoms with van der Waals surface area (Å²) in [6.45, 7) is 4.56. The van der Waals surface area contributed by atoms with Crippen molar-refractivity contribution in [1.29, 1.82) is 0 Å². The summed E-state index contributed by atoms with van der Waals surface area (Å²) in [5, 5.41) is 14.2. The Labute approximate surface area is 120 Å². The summed E-state index contributed by atoms with van der Waals surface area (Å²) in [7, 11) is 1.93. The van der Waals surface area contributed by atoms with Gasteiger partial charge in [0.05, 0.1) is 5.60 Å². The molecule has 3 nitrogen and oxygen atoms in total. The van der Waals surface area contributed by atoms with Gasteiger partial charge in [0.15, 0.2) is 0 Å². The van der Waals surface area contributed by atoms with Crippen molar-refractivity contribution in [2.75, 3.05) is 25.0 Å². The largest absolute Gasteiger partial charge is 0.390 e. The van der Waals surface area contributed by atoms with Crippen molar-refractivity contribution in [3.8, 4) is 0 Å². The number of hydrogen-bond acceptors (Lipinski definition) is 3. The van der Waals surface area contributed by atoms with E-state index in [9.17, 15) is 5.11 Å². The maximum Gasteiger partial charge on any atom is 0.0637 e. The van der Waals surface area contributed by atoms with Gasteiger partial charge in [-0.1, -0.05) is 17.7 Å². The van der Waals surface area contributed by atoms with Crippen molar-refractivity contribution in [2.24, 2.45) is 0 Å². The fraction of sp³-hybridized carbons (Fsp3) is 0.600. The van der Waals surface area contributed by atoms with Crippen molar-refractivity contribution < 1.29 is 5.11 Å². The number of nitrogens with one attached hydrogen (secondary N) is 1. The van der Waals surface area contributed by atoms with Gasteiger partial charge < -0.3 is 15.3 Å². The molecule has 1 aromatic rings. The van der Waals surface area contributed by atoms with E-state index in [-0.39, 0.29) is 0 Å². The second-order valence-corrected chi connectivity index (χ2v) is 6.01. The average molecular weight is 283 g/mol. The zero-order valence-electron chi connectivity index (χ0n) is 11.7. The third-order valence-electron chi connectivity index (χ3n) is 3.85. The Balaban J connectivity index is 2.23. The molecule has 1 saturated heterocycles. The van der Waals surface area contributed by atoms with E-state index < -0.39 is 5.60 Å². The molecule has 1 aliphatic heterocycles. The van der Waals surface area contributed by atoms with E-state index in [1.54, 1.807) is 0 Å². The van der Waals surface area contributed by atoms with E-state index in [0.717, 1.165) is 49.5 Å². The molecule has 1 aliphatic rings. The summed E-state index contributed by atoms with van der Waals surface area (Å²) >= 11 is 6.31. The Morgan fingerprint density at radius 2 is 2.16 bits per heavy atom. The van der Waals surface area contributed by atoms with Gasteiger partial charge in [-0.3, -0.25) is 0 Å². The van der Waals surface area contributed by atoms with E-state index in [0.29, 0.717) is 0 Å². The van der Waals surface area contributed by atoms with Gasteiger partial charge in [0, 0.05) is 35.9 Å². The second kappa shape index (κ2) is 6.12. The number of anilines is 1. The molecule has 0 spiro atoms. The third kappa shape index (κ3) is 3.62. The van der Waals surface area contributed by atoms with Crippen LogP contribution in [0, 0.1) is 0 Å². The molecule has 1 heterocycles. The van der Waals surface area contributed by atoms with Gasteiger partial charge in [0.25, 0.3) is 0 Å². The molecular weight excluding hydrogens is 260 g/mol. The predicted octanol–water partition coefficient (Wildman–Crippen LogP) is 2.80. The highest BCUT2D eigenvalue weighted by atomic mass is 35.5. The number of aliphatic hydroxyl groups is 1. The molecule has 1 fully saturated rings. The van der Waals surface area contributed by atoms with E-state index >= 15 is 0 Å². The lowest BCUT2D eigenvalue weighted by atomic mass is 9.98. The van der Waals surface area contributed by atoms with Crippen LogP contribution in [-0.4, -0.2) is 30.8 Å². The summed E-state index contributed by atoms with van der Waals surface area (Å²) in [5.41, 5.74) is 1.81. The number of halogens is 1. The van der Waals surface area contributed by atoms with Crippen molar-refractivity contribution >= 4 is 17.3 Å². The average Bonchev–Trinajstić information content (AvgIpc) is 2.53. The van der Waals surface area contributed by atoms with Crippen LogP contribution in [0.3, 0.4) is 0 Å². The Morgan fingerprint density at radius 1 is 1.37 bits per heavy atom. The summed E-state index contributed by atoms with van der Waals surface area (Å²) in [6, 6.07) is 6.06. The first kappa shape index (κ1) is 14.6. The fourth-order valence-electron chi connectivity index (χ4n) is 2.70. The minimum Gasteiger partial charge on any atom is -0.390 e. The fourth-order valence-corrected chi connectivity index (χ4v) is 2.94. The van der Waals surface area contributed by atoms with Gasteiger partial charge in [-0.05, 0) is 45.4 Å². The standard InChI is InChI=1S/C15H23ClN2O/c1-15(19)7-4-9-18(10-8-15)14-6-3-5-13(16)12(14)11-17-2/h3,5-6,17,19H,4,7-11H2,1-2H3. The third-order valence-corrected chi connectivity index (χ3v) is 4.21. The number of benzene rings is 1. The molecule has 106 valence electrons. The van der Waals surface area contributed by atoms with Gasteiger partial charge in [-0.15, -0.1) is 0 Å². The number of nitrogens with zero attached hydrogens (tertiary/aromatic N) is 1. The first-order chi connectivity index (χ1) is 9.03. The zero-order chi connectivity index (χ0) is 13.9. The highest BCUT2D eigenvalue weighted by molar-refractivity contribution is 6.31. The van der Waals surface area contributed by atoms with Crippen molar-refractivity contribution in [2.45, 2.75) is 38.3 Å². The van der Waals surface area contributed by atoms with Crippen LogP contribution >= 0.6 is 11.6 Å². The minimum absolute atomic E-state index is 0.531. The normalized spacial score (nSPS) is 24.3. The minimum atomic E-state index is -0.531. The smallest absolute Gasteiger partial charge is 0.0637 e. The van der Waals surface area contributed by atoms with Crippen LogP contribution in [0.1, 0.15) is 31.7 Å². The SMILES string of the molecule is CNCc1c(Cl)cccc1N1CCCC(C)(O)CC1. The van der Waals surface area contributed by atoms with Gasteiger partial charge in [-0.25, -0.2) is 0 Å². The van der Waals surface area contributed by atoms with Gasteiger partial charge >= 0.3 is 0 Å². The van der Waals surface area contributed by atoms with Crippen LogP contribution in [0.15, 0.2) is 18.2 Å². The van der Waals surface area contributed by atoms with Crippen LogP contribution in [0.5, 0.6) is 0 Å². The first-order valence-electron chi connectivity index (χ1n) is 6.93. The molecular formula is C15H23ClN2O. The van der Waals surface area contributed by atoms with Crippen LogP contribution in [-0.2, 0) is 6.54 Å². The van der Waals surface area contributed by atoms with Crippen LogP contribution < -0.4 is 10.2 Å². The summed E-state index contributed by atoms with van der Waals surface area (Å²) < 4.78 is 0. The van der Waals surface area contributed by atoms with E-state index in [2.05, 4.69) is 16.3 Å². The number of rotatable bonds is 3. The highest BCUT2D eigenvalue weighted by Crippen LogP contribution is 2.31. The van der Waals surface area contributed by atoms with Gasteiger partial charge in [0.1, 0.15) is 0 Å². The molecule has 0 aromatic heterocycles. The van der Waals surface area contributed by atoms with Crippen molar-refractivity contribution in [3.05, 3.63) is 28.8 Å². The molecule has 4 heteroatoms. The lowest BCUT2D eigenvalue weighted by Crippen LogP contribution is -2.29. The molecule has 1 atom stereocenters. The monoisotopic (exact) mass is 282 g/mol. The van der Waals surface area contributed by atoms with E-state index in [1.165, 1.54) is 5.69 Å². The summed E-state index contributed by atoms with van der Waals surface area (Å²) in [5.74, 6) is 0. The van der Waals surface area contributed by atoms with Gasteiger partial charge in [0.2, 0.25) is 0 Å². The van der Waals surface area contributed by atoms with Gasteiger partial charge in [-0.2, -0.15) is 0 Å². The maximum atomic E-state index is 10.2. The number of hydrogen-bond donors (Lipinski definition) is 2. The molecule has 0 saturated carbocycles. The Bertz CT molecular complexity index is 434. The summed E-state index contributed by atoms with van der Waals surface area (Å²) in [6.07, 6.45) is 2.68. The first-order valence-corrected chi connectivity index (χ1v) is 7.30. The summed E-state index contributed by atoms with van der Waals surface area (Å²) in [4.78, 5) is 2.35. The predicted molar refractivity (Wildman–Crippen MR) is 80.9 cm³/mol.